The fourth-order valence-corrected chi connectivity index (χ4v) is 1.82. The van der Waals surface area contributed by atoms with Gasteiger partial charge in [0.25, 0.3) is 0 Å². The molecule has 0 amide bonds. The maximum absolute atomic E-state index is 5.53. The van der Waals surface area contributed by atoms with E-state index in [4.69, 9.17) is 14.2 Å². The number of nitrogens with one attached hydrogen (secondary N) is 1. The molecule has 6 heteroatoms. The summed E-state index contributed by atoms with van der Waals surface area (Å²) in [5.41, 5.74) is 2.11. The van der Waals surface area contributed by atoms with Gasteiger partial charge in [0.15, 0.2) is 0 Å². The van der Waals surface area contributed by atoms with Crippen LogP contribution in [0, 0.1) is 6.92 Å². The van der Waals surface area contributed by atoms with Crippen molar-refractivity contribution in [3.63, 3.8) is 0 Å². The number of nitrogens with zero attached hydrogens (tertiary/aromatic N) is 2. The first-order valence-electron chi connectivity index (χ1n) is 7.55. The van der Waals surface area contributed by atoms with Gasteiger partial charge in [-0.3, -0.25) is 0 Å². The third-order valence-electron chi connectivity index (χ3n) is 3.31. The number of methoxy groups -OCH3 is 1. The van der Waals surface area contributed by atoms with E-state index in [-0.39, 0.29) is 0 Å². The molecule has 1 saturated carbocycles. The van der Waals surface area contributed by atoms with Crippen molar-refractivity contribution in [1.29, 1.82) is 0 Å². The van der Waals surface area contributed by atoms with Crippen molar-refractivity contribution in [3.05, 3.63) is 17.5 Å². The molecule has 0 atom stereocenters. The fraction of sp³-hybridized carbons (Fsp3) is 0.733. The van der Waals surface area contributed by atoms with Crippen molar-refractivity contribution in [2.45, 2.75) is 38.8 Å². The van der Waals surface area contributed by atoms with E-state index in [1.807, 2.05) is 13.1 Å². The van der Waals surface area contributed by atoms with Gasteiger partial charge in [0, 0.05) is 50.2 Å². The van der Waals surface area contributed by atoms with Crippen molar-refractivity contribution >= 4 is 0 Å². The number of aromatic nitrogens is 2. The second-order valence-corrected chi connectivity index (χ2v) is 5.23. The average Bonchev–Trinajstić information content (AvgIpc) is 3.29. The van der Waals surface area contributed by atoms with Crippen LogP contribution in [0.1, 0.15) is 30.5 Å². The maximum Gasteiger partial charge on any atom is 0.316 e. The monoisotopic (exact) mass is 295 g/mol. The molecule has 1 aliphatic carbocycles. The maximum atomic E-state index is 5.53. The van der Waals surface area contributed by atoms with Crippen LogP contribution in [0.3, 0.4) is 0 Å². The molecule has 1 heterocycles. The normalized spacial score (nSPS) is 14.4. The van der Waals surface area contributed by atoms with Gasteiger partial charge in [0.2, 0.25) is 0 Å². The second kappa shape index (κ2) is 8.92. The fourth-order valence-electron chi connectivity index (χ4n) is 1.82. The molecule has 1 aromatic heterocycles. The zero-order valence-corrected chi connectivity index (χ0v) is 12.9. The predicted molar refractivity (Wildman–Crippen MR) is 79.4 cm³/mol. The van der Waals surface area contributed by atoms with Gasteiger partial charge in [0.1, 0.15) is 0 Å². The van der Waals surface area contributed by atoms with E-state index in [0.717, 1.165) is 24.2 Å². The highest BCUT2D eigenvalue weighted by atomic mass is 16.5. The van der Waals surface area contributed by atoms with Gasteiger partial charge in [0.05, 0.1) is 19.8 Å². The van der Waals surface area contributed by atoms with Crippen molar-refractivity contribution in [2.24, 2.45) is 0 Å². The van der Waals surface area contributed by atoms with E-state index >= 15 is 0 Å². The summed E-state index contributed by atoms with van der Waals surface area (Å²) in [7, 11) is 1.66. The molecule has 0 radical (unpaired) electrons. The molecule has 21 heavy (non-hydrogen) atoms. The van der Waals surface area contributed by atoms with E-state index < -0.39 is 0 Å². The van der Waals surface area contributed by atoms with Gasteiger partial charge >= 0.3 is 6.01 Å². The molecule has 6 nitrogen and oxygen atoms in total. The van der Waals surface area contributed by atoms with E-state index in [1.54, 1.807) is 7.11 Å². The summed E-state index contributed by atoms with van der Waals surface area (Å²) in [5, 5.41) is 3.46. The minimum absolute atomic E-state index is 0.444. The number of hydrogen-bond acceptors (Lipinski definition) is 6. The van der Waals surface area contributed by atoms with Crippen molar-refractivity contribution in [2.75, 3.05) is 33.5 Å². The molecule has 1 aromatic rings. The van der Waals surface area contributed by atoms with Crippen molar-refractivity contribution in [3.8, 4) is 6.01 Å². The Hall–Kier alpha value is -1.24. The van der Waals surface area contributed by atoms with Gasteiger partial charge in [-0.05, 0) is 19.8 Å². The lowest BCUT2D eigenvalue weighted by molar-refractivity contribution is 0.0639. The number of rotatable bonds is 11. The zero-order valence-electron chi connectivity index (χ0n) is 12.9. The first-order chi connectivity index (χ1) is 10.3. The lowest BCUT2D eigenvalue weighted by Gasteiger charge is -2.09. The van der Waals surface area contributed by atoms with Gasteiger partial charge in [-0.2, -0.15) is 0 Å². The average molecular weight is 295 g/mol. The van der Waals surface area contributed by atoms with Gasteiger partial charge in [-0.1, -0.05) is 0 Å². The summed E-state index contributed by atoms with van der Waals surface area (Å²) in [6, 6.07) is 1.14. The third-order valence-corrected chi connectivity index (χ3v) is 3.31. The summed E-state index contributed by atoms with van der Waals surface area (Å²) in [4.78, 5) is 8.64. The Morgan fingerprint density at radius 2 is 2.10 bits per heavy atom. The molecule has 0 unspecified atom stereocenters. The summed E-state index contributed by atoms with van der Waals surface area (Å²) < 4.78 is 15.8. The molecular formula is C15H25N3O3. The van der Waals surface area contributed by atoms with Crippen LogP contribution < -0.4 is 10.1 Å². The summed E-state index contributed by atoms with van der Waals surface area (Å²) in [6.45, 7) is 5.29. The topological polar surface area (TPSA) is 65.5 Å². The second-order valence-electron chi connectivity index (χ2n) is 5.23. The Bertz CT molecular complexity index is 425. The van der Waals surface area contributed by atoms with E-state index in [9.17, 15) is 0 Å². The number of aryl methyl sites for hydroxylation is 1. The van der Waals surface area contributed by atoms with E-state index in [1.165, 1.54) is 12.8 Å². The highest BCUT2D eigenvalue weighted by Crippen LogP contribution is 2.19. The lowest BCUT2D eigenvalue weighted by Crippen LogP contribution is -2.17. The van der Waals surface area contributed by atoms with Gasteiger partial charge < -0.3 is 19.5 Å². The molecule has 0 aliphatic heterocycles. The Morgan fingerprint density at radius 3 is 2.81 bits per heavy atom. The lowest BCUT2D eigenvalue weighted by atomic mass is 10.2. The molecule has 118 valence electrons. The third kappa shape index (κ3) is 6.37. The van der Waals surface area contributed by atoms with Gasteiger partial charge in [-0.25, -0.2) is 9.97 Å². The van der Waals surface area contributed by atoms with Crippen LogP contribution in [0.25, 0.3) is 0 Å². The smallest absolute Gasteiger partial charge is 0.316 e. The predicted octanol–water partition coefficient (Wildman–Crippen LogP) is 1.47. The largest absolute Gasteiger partial charge is 0.463 e. The molecular weight excluding hydrogens is 270 g/mol. The molecule has 1 fully saturated rings. The standard InChI is InChI=1S/C15H25N3O3/c1-12-13(10-16-14-4-5-14)11-17-15(18-12)21-7-3-6-20-9-8-19-2/h11,14,16H,3-10H2,1-2H3. The molecule has 1 aliphatic rings. The Kier molecular flexibility index (Phi) is 6.85. The molecule has 2 rings (SSSR count). The van der Waals surface area contributed by atoms with Crippen LogP contribution in [0.15, 0.2) is 6.20 Å². The quantitative estimate of drug-likeness (QED) is 0.624. The van der Waals surface area contributed by atoms with Crippen LogP contribution >= 0.6 is 0 Å². The van der Waals surface area contributed by atoms with Crippen LogP contribution in [0.4, 0.5) is 0 Å². The van der Waals surface area contributed by atoms with Crippen LogP contribution in [-0.4, -0.2) is 49.5 Å². The van der Waals surface area contributed by atoms with E-state index in [0.29, 0.717) is 38.5 Å². The van der Waals surface area contributed by atoms with E-state index in [2.05, 4.69) is 15.3 Å². The van der Waals surface area contributed by atoms with Crippen LogP contribution in [-0.2, 0) is 16.0 Å². The minimum atomic E-state index is 0.444. The summed E-state index contributed by atoms with van der Waals surface area (Å²) >= 11 is 0. The van der Waals surface area contributed by atoms with Crippen LogP contribution in [0.5, 0.6) is 6.01 Å². The first kappa shape index (κ1) is 16.1. The Balaban J connectivity index is 1.62. The molecule has 0 aromatic carbocycles. The molecule has 0 spiro atoms. The van der Waals surface area contributed by atoms with Gasteiger partial charge in [-0.15, -0.1) is 0 Å². The molecule has 0 saturated heterocycles. The zero-order chi connectivity index (χ0) is 14.9. The molecule has 0 bridgehead atoms. The van der Waals surface area contributed by atoms with Crippen molar-refractivity contribution < 1.29 is 14.2 Å². The van der Waals surface area contributed by atoms with Crippen LogP contribution in [0.2, 0.25) is 0 Å². The number of hydrogen-bond donors (Lipinski definition) is 1. The highest BCUT2D eigenvalue weighted by molar-refractivity contribution is 5.17. The highest BCUT2D eigenvalue weighted by Gasteiger charge is 2.20. The minimum Gasteiger partial charge on any atom is -0.463 e. The van der Waals surface area contributed by atoms with Crippen molar-refractivity contribution in [1.82, 2.24) is 15.3 Å². The summed E-state index contributed by atoms with van der Waals surface area (Å²) in [6.07, 6.45) is 5.24. The Morgan fingerprint density at radius 1 is 1.24 bits per heavy atom. The summed E-state index contributed by atoms with van der Waals surface area (Å²) in [5.74, 6) is 0. The molecule has 1 N–H and O–H groups in total. The SMILES string of the molecule is COCCOCCCOc1ncc(CNC2CC2)c(C)n1. The number of ether oxygens (including phenoxy) is 3. The first-order valence-corrected chi connectivity index (χ1v) is 7.55. The Labute approximate surface area is 126 Å².